The smallest absolute Gasteiger partial charge is 0.228 e. The summed E-state index contributed by atoms with van der Waals surface area (Å²) in [7, 11) is 0. The summed E-state index contributed by atoms with van der Waals surface area (Å²) in [6.45, 7) is 26.9. The van der Waals surface area contributed by atoms with Crippen LogP contribution in [-0.4, -0.2) is 47.9 Å². The second kappa shape index (κ2) is 13.3. The largest absolute Gasteiger partial charge is 0.375 e. The average Bonchev–Trinajstić information content (AvgIpc) is 2.64. The molecule has 6 nitrogen and oxygen atoms in total. The number of nitrogens with zero attached hydrogens (tertiary/aromatic N) is 1. The number of ether oxygens (including phenoxy) is 1. The highest BCUT2D eigenvalue weighted by molar-refractivity contribution is 5.94. The molecule has 0 aromatic heterocycles. The molecule has 0 saturated carbocycles. The third-order valence-corrected chi connectivity index (χ3v) is 5.01. The number of amides is 3. The lowest BCUT2D eigenvalue weighted by Crippen LogP contribution is -2.46. The van der Waals surface area contributed by atoms with Crippen LogP contribution in [0.25, 0.3) is 0 Å². The first-order valence-electron chi connectivity index (χ1n) is 12.1. The van der Waals surface area contributed by atoms with Gasteiger partial charge in [-0.05, 0) is 37.5 Å². The monoisotopic (exact) mass is 456 g/mol. The van der Waals surface area contributed by atoms with E-state index >= 15 is 0 Å². The van der Waals surface area contributed by atoms with Crippen molar-refractivity contribution in [1.29, 1.82) is 0 Å². The Kier molecular flexibility index (Phi) is 13.6. The zero-order valence-corrected chi connectivity index (χ0v) is 23.3. The highest BCUT2D eigenvalue weighted by Crippen LogP contribution is 2.35. The number of hydrogen-bond donors (Lipinski definition) is 1. The summed E-state index contributed by atoms with van der Waals surface area (Å²) in [5, 5.41) is 3.04. The number of nitrogens with one attached hydrogen (secondary N) is 1. The quantitative estimate of drug-likeness (QED) is 0.440. The highest BCUT2D eigenvalue weighted by atomic mass is 16.5. The van der Waals surface area contributed by atoms with Crippen molar-refractivity contribution in [2.24, 2.45) is 16.2 Å². The molecule has 0 aliphatic heterocycles. The maximum absolute atomic E-state index is 12.9. The summed E-state index contributed by atoms with van der Waals surface area (Å²) in [6.07, 6.45) is 1.56. The predicted octanol–water partition coefficient (Wildman–Crippen LogP) is 5.59. The van der Waals surface area contributed by atoms with Gasteiger partial charge in [-0.15, -0.1) is 0 Å². The van der Waals surface area contributed by atoms with Gasteiger partial charge in [0.1, 0.15) is 0 Å². The Labute approximate surface area is 198 Å². The molecule has 1 N–H and O–H groups in total. The summed E-state index contributed by atoms with van der Waals surface area (Å²) in [5.74, 6) is -0.469. The van der Waals surface area contributed by atoms with Crippen LogP contribution in [0, 0.1) is 16.2 Å². The first-order valence-corrected chi connectivity index (χ1v) is 12.1. The molecule has 0 aliphatic rings. The minimum atomic E-state index is -0.627. The van der Waals surface area contributed by atoms with Gasteiger partial charge in [0.05, 0.1) is 12.2 Å². The summed E-state index contributed by atoms with van der Waals surface area (Å²) in [4.78, 5) is 38.1. The van der Waals surface area contributed by atoms with Gasteiger partial charge in [0.25, 0.3) is 0 Å². The number of rotatable bonds is 11. The van der Waals surface area contributed by atoms with Crippen LogP contribution in [0.5, 0.6) is 0 Å². The molecule has 0 fully saturated rings. The van der Waals surface area contributed by atoms with E-state index < -0.39 is 5.41 Å². The molecule has 0 rings (SSSR count). The van der Waals surface area contributed by atoms with Gasteiger partial charge in [-0.3, -0.25) is 19.3 Å². The lowest BCUT2D eigenvalue weighted by Gasteiger charge is -2.37. The van der Waals surface area contributed by atoms with E-state index in [-0.39, 0.29) is 40.6 Å². The van der Waals surface area contributed by atoms with E-state index in [1.165, 1.54) is 11.8 Å². The van der Waals surface area contributed by atoms with Crippen molar-refractivity contribution >= 4 is 17.7 Å². The van der Waals surface area contributed by atoms with Gasteiger partial charge in [-0.25, -0.2) is 0 Å². The van der Waals surface area contributed by atoms with Gasteiger partial charge in [0, 0.05) is 31.8 Å². The Balaban J connectivity index is 0. The second-order valence-corrected chi connectivity index (χ2v) is 11.7. The Hall–Kier alpha value is -1.43. The second-order valence-electron chi connectivity index (χ2n) is 11.7. The van der Waals surface area contributed by atoms with Gasteiger partial charge in [0.15, 0.2) is 0 Å². The van der Waals surface area contributed by atoms with Crippen molar-refractivity contribution in [3.05, 3.63) is 0 Å². The molecule has 32 heavy (non-hydrogen) atoms. The van der Waals surface area contributed by atoms with E-state index in [4.69, 9.17) is 4.74 Å². The molecule has 0 aromatic rings. The molecule has 0 saturated heterocycles. The van der Waals surface area contributed by atoms with E-state index in [1.807, 2.05) is 55.4 Å². The van der Waals surface area contributed by atoms with Crippen LogP contribution < -0.4 is 5.32 Å². The molecule has 0 bridgehead atoms. The summed E-state index contributed by atoms with van der Waals surface area (Å²) in [5.41, 5.74) is -1.22. The molecule has 0 unspecified atom stereocenters. The molecule has 0 aliphatic carbocycles. The molecule has 0 spiro atoms. The van der Waals surface area contributed by atoms with Gasteiger partial charge in [-0.1, -0.05) is 69.2 Å². The SMILES string of the molecule is CC.CCC(=O)N(CC(C)(C)CC(C)(C)C(=O)NCCC(C)(C)OCC(C)(C)C)C(C)=O. The van der Waals surface area contributed by atoms with E-state index in [2.05, 4.69) is 26.1 Å². The molecule has 0 atom stereocenters. The first-order chi connectivity index (χ1) is 14.3. The third kappa shape index (κ3) is 13.9. The molecule has 3 amide bonds. The maximum Gasteiger partial charge on any atom is 0.228 e. The van der Waals surface area contributed by atoms with Crippen LogP contribution >= 0.6 is 0 Å². The first kappa shape index (κ1) is 32.7. The van der Waals surface area contributed by atoms with E-state index in [1.54, 1.807) is 6.92 Å². The zero-order valence-electron chi connectivity index (χ0n) is 23.3. The van der Waals surface area contributed by atoms with Crippen molar-refractivity contribution in [3.8, 4) is 0 Å². The van der Waals surface area contributed by atoms with E-state index in [0.29, 0.717) is 26.1 Å². The van der Waals surface area contributed by atoms with Crippen molar-refractivity contribution < 1.29 is 19.1 Å². The van der Waals surface area contributed by atoms with Crippen molar-refractivity contribution in [2.45, 2.75) is 115 Å². The molecule has 190 valence electrons. The molecule has 0 aromatic carbocycles. The average molecular weight is 457 g/mol. The fraction of sp³-hybridized carbons (Fsp3) is 0.885. The van der Waals surface area contributed by atoms with E-state index in [9.17, 15) is 14.4 Å². The summed E-state index contributed by atoms with van der Waals surface area (Å²) < 4.78 is 6.02. The number of carbonyl (C=O) groups excluding carboxylic acids is 3. The lowest BCUT2D eigenvalue weighted by atomic mass is 9.74. The van der Waals surface area contributed by atoms with Crippen LogP contribution in [0.3, 0.4) is 0 Å². The summed E-state index contributed by atoms with van der Waals surface area (Å²) in [6, 6.07) is 0. The fourth-order valence-corrected chi connectivity index (χ4v) is 3.53. The van der Waals surface area contributed by atoms with Gasteiger partial charge in [0.2, 0.25) is 17.7 Å². The van der Waals surface area contributed by atoms with Gasteiger partial charge < -0.3 is 10.1 Å². The molecule has 0 heterocycles. The van der Waals surface area contributed by atoms with E-state index in [0.717, 1.165) is 6.42 Å². The number of hydrogen-bond acceptors (Lipinski definition) is 4. The van der Waals surface area contributed by atoms with Crippen molar-refractivity contribution in [2.75, 3.05) is 19.7 Å². The minimum absolute atomic E-state index is 0.0293. The number of imide groups is 1. The van der Waals surface area contributed by atoms with Crippen LogP contribution in [0.1, 0.15) is 109 Å². The molecular formula is C26H52N2O4. The normalized spacial score (nSPS) is 12.5. The van der Waals surface area contributed by atoms with Crippen molar-refractivity contribution in [3.63, 3.8) is 0 Å². The van der Waals surface area contributed by atoms with Gasteiger partial charge >= 0.3 is 0 Å². The Morgan fingerprint density at radius 3 is 1.81 bits per heavy atom. The van der Waals surface area contributed by atoms with Crippen LogP contribution in [0.15, 0.2) is 0 Å². The van der Waals surface area contributed by atoms with Crippen LogP contribution in [0.4, 0.5) is 0 Å². The molecule has 0 radical (unpaired) electrons. The predicted molar refractivity (Wildman–Crippen MR) is 133 cm³/mol. The van der Waals surface area contributed by atoms with Crippen LogP contribution in [0.2, 0.25) is 0 Å². The Morgan fingerprint density at radius 2 is 1.41 bits per heavy atom. The van der Waals surface area contributed by atoms with Crippen LogP contribution in [-0.2, 0) is 19.1 Å². The maximum atomic E-state index is 12.9. The lowest BCUT2D eigenvalue weighted by molar-refractivity contribution is -0.145. The fourth-order valence-electron chi connectivity index (χ4n) is 3.53. The Bertz CT molecular complexity index is 601. The zero-order chi connectivity index (χ0) is 26.0. The molecular weight excluding hydrogens is 404 g/mol. The minimum Gasteiger partial charge on any atom is -0.375 e. The third-order valence-electron chi connectivity index (χ3n) is 5.01. The Morgan fingerprint density at radius 1 is 0.906 bits per heavy atom. The van der Waals surface area contributed by atoms with Crippen molar-refractivity contribution in [1.82, 2.24) is 10.2 Å². The number of carbonyl (C=O) groups is 3. The standard InChI is InChI=1S/C24H46N2O4.C2H6/c1-12-19(28)26(18(2)27)16-22(6,7)15-23(8,9)20(29)25-14-13-24(10,11)30-17-21(3,4)5;1-2/h12-17H2,1-11H3,(H,25,29);1-2H3. The molecule has 6 heteroatoms. The topological polar surface area (TPSA) is 75.7 Å². The highest BCUT2D eigenvalue weighted by Gasteiger charge is 2.37. The summed E-state index contributed by atoms with van der Waals surface area (Å²) >= 11 is 0. The van der Waals surface area contributed by atoms with Gasteiger partial charge in [-0.2, -0.15) is 0 Å².